The van der Waals surface area contributed by atoms with Gasteiger partial charge in [-0.15, -0.1) is 0 Å². The fraction of sp³-hybridized carbons (Fsp3) is 0.286. The summed E-state index contributed by atoms with van der Waals surface area (Å²) >= 11 is 0. The molecule has 1 aliphatic rings. The molecule has 5 rings (SSSR count). The van der Waals surface area contributed by atoms with Gasteiger partial charge in [0.2, 0.25) is 0 Å². The molecule has 4 aromatic carbocycles. The number of benzene rings is 4. The molecule has 44 heavy (non-hydrogen) atoms. The summed E-state index contributed by atoms with van der Waals surface area (Å²) in [6.45, 7) is 5.14. The fourth-order valence-electron chi connectivity index (χ4n) is 5.53. The lowest BCUT2D eigenvalue weighted by Crippen LogP contribution is -2.37. The van der Waals surface area contributed by atoms with Gasteiger partial charge >= 0.3 is 6.18 Å². The number of rotatable bonds is 11. The van der Waals surface area contributed by atoms with Crippen molar-refractivity contribution in [1.82, 2.24) is 10.2 Å². The Morgan fingerprint density at radius 2 is 1.64 bits per heavy atom. The second-order valence-electron chi connectivity index (χ2n) is 10.8. The Kier molecular flexibility index (Phi) is 9.99. The molecule has 0 bridgehead atoms. The number of amides is 1. The molecule has 0 radical (unpaired) electrons. The molecule has 1 saturated heterocycles. The fourth-order valence-corrected chi connectivity index (χ4v) is 5.53. The van der Waals surface area contributed by atoms with Crippen LogP contribution in [0.2, 0.25) is 0 Å². The SMILES string of the molecule is CCNCOC(c1ccccc1)N1CCC(N(C)c2ccc(NC(=O)c3ccccc3-c3ccc(C(F)(F)F)cc3)cc2)C1. The van der Waals surface area contributed by atoms with Crippen LogP contribution in [0.5, 0.6) is 0 Å². The second-order valence-corrected chi connectivity index (χ2v) is 10.8. The molecule has 2 atom stereocenters. The lowest BCUT2D eigenvalue weighted by Gasteiger charge is -2.31. The maximum Gasteiger partial charge on any atom is 0.416 e. The van der Waals surface area contributed by atoms with Crippen LogP contribution in [-0.2, 0) is 10.9 Å². The van der Waals surface area contributed by atoms with Crippen LogP contribution >= 0.6 is 0 Å². The molecule has 2 N–H and O–H groups in total. The topological polar surface area (TPSA) is 56.8 Å². The maximum absolute atomic E-state index is 13.3. The molecule has 1 amide bonds. The van der Waals surface area contributed by atoms with Crippen LogP contribution in [-0.4, -0.2) is 50.3 Å². The number of anilines is 2. The number of nitrogens with one attached hydrogen (secondary N) is 2. The van der Waals surface area contributed by atoms with Gasteiger partial charge in [-0.05, 0) is 72.1 Å². The number of hydrogen-bond donors (Lipinski definition) is 2. The Morgan fingerprint density at radius 1 is 0.955 bits per heavy atom. The first kappa shape index (κ1) is 31.3. The minimum Gasteiger partial charge on any atom is -0.370 e. The highest BCUT2D eigenvalue weighted by Gasteiger charge is 2.32. The quantitative estimate of drug-likeness (QED) is 0.138. The van der Waals surface area contributed by atoms with Gasteiger partial charge in [-0.25, -0.2) is 0 Å². The molecule has 0 aromatic heterocycles. The molecule has 2 unspecified atom stereocenters. The summed E-state index contributed by atoms with van der Waals surface area (Å²) in [5.74, 6) is -0.336. The molecule has 1 aliphatic heterocycles. The van der Waals surface area contributed by atoms with E-state index in [1.165, 1.54) is 12.1 Å². The molecule has 1 heterocycles. The summed E-state index contributed by atoms with van der Waals surface area (Å²) in [5, 5.41) is 6.19. The van der Waals surface area contributed by atoms with E-state index in [1.807, 2.05) is 42.5 Å². The molecule has 0 saturated carbocycles. The molecule has 4 aromatic rings. The summed E-state index contributed by atoms with van der Waals surface area (Å²) in [6, 6.07) is 30.0. The van der Waals surface area contributed by atoms with E-state index in [1.54, 1.807) is 24.3 Å². The predicted molar refractivity (Wildman–Crippen MR) is 168 cm³/mol. The van der Waals surface area contributed by atoms with Crippen molar-refractivity contribution in [2.75, 3.05) is 43.6 Å². The molecule has 9 heteroatoms. The Hall–Kier alpha value is -4.18. The summed E-state index contributed by atoms with van der Waals surface area (Å²) in [5.41, 5.74) is 3.54. The van der Waals surface area contributed by atoms with E-state index < -0.39 is 11.7 Å². The van der Waals surface area contributed by atoms with Gasteiger partial charge < -0.3 is 15.0 Å². The van der Waals surface area contributed by atoms with Gasteiger partial charge in [-0.3, -0.25) is 15.0 Å². The number of carbonyl (C=O) groups excluding carboxylic acids is 1. The van der Waals surface area contributed by atoms with Crippen molar-refractivity contribution in [2.24, 2.45) is 0 Å². The van der Waals surface area contributed by atoms with Crippen molar-refractivity contribution >= 4 is 17.3 Å². The van der Waals surface area contributed by atoms with Crippen LogP contribution in [0.4, 0.5) is 24.5 Å². The zero-order valence-corrected chi connectivity index (χ0v) is 24.9. The largest absolute Gasteiger partial charge is 0.416 e. The summed E-state index contributed by atoms with van der Waals surface area (Å²) < 4.78 is 45.3. The highest BCUT2D eigenvalue weighted by atomic mass is 19.4. The van der Waals surface area contributed by atoms with E-state index in [9.17, 15) is 18.0 Å². The van der Waals surface area contributed by atoms with Crippen molar-refractivity contribution in [1.29, 1.82) is 0 Å². The van der Waals surface area contributed by atoms with Crippen LogP contribution < -0.4 is 15.5 Å². The first-order chi connectivity index (χ1) is 21.2. The van der Waals surface area contributed by atoms with Gasteiger partial charge in [-0.2, -0.15) is 13.2 Å². The number of likely N-dealkylation sites (N-methyl/N-ethyl adjacent to an activating group) is 1. The molecule has 1 fully saturated rings. The summed E-state index contributed by atoms with van der Waals surface area (Å²) in [7, 11) is 2.08. The molecule has 0 spiro atoms. The van der Waals surface area contributed by atoms with Gasteiger partial charge in [0.1, 0.15) is 6.23 Å². The number of alkyl halides is 3. The first-order valence-electron chi connectivity index (χ1n) is 14.8. The second kappa shape index (κ2) is 14.1. The summed E-state index contributed by atoms with van der Waals surface area (Å²) in [6.07, 6.45) is -3.56. The van der Waals surface area contributed by atoms with Gasteiger partial charge in [-0.1, -0.05) is 67.6 Å². The van der Waals surface area contributed by atoms with Crippen LogP contribution in [0.15, 0.2) is 103 Å². The zero-order chi connectivity index (χ0) is 31.1. The number of carbonyl (C=O) groups is 1. The monoisotopic (exact) mass is 602 g/mol. The lowest BCUT2D eigenvalue weighted by molar-refractivity contribution is -0.137. The van der Waals surface area contributed by atoms with Crippen LogP contribution in [0.25, 0.3) is 11.1 Å². The highest BCUT2D eigenvalue weighted by molar-refractivity contribution is 6.08. The standard InChI is InChI=1S/C35H37F3N4O2/c1-3-39-24-44-34(26-9-5-4-6-10-26)42-22-21-30(23-42)41(2)29-19-17-28(18-20-29)40-33(43)32-12-8-7-11-31(32)25-13-15-27(16-14-25)35(36,37)38/h4-20,30,34,39H,3,21-24H2,1-2H3,(H,40,43). The Balaban J connectivity index is 1.23. The Morgan fingerprint density at radius 3 is 2.32 bits per heavy atom. The third kappa shape index (κ3) is 7.48. The van der Waals surface area contributed by atoms with Crippen molar-refractivity contribution in [3.63, 3.8) is 0 Å². The lowest BCUT2D eigenvalue weighted by atomic mass is 9.98. The number of ether oxygens (including phenoxy) is 1. The number of halogens is 3. The van der Waals surface area contributed by atoms with E-state index in [4.69, 9.17) is 4.74 Å². The smallest absolute Gasteiger partial charge is 0.370 e. The molecule has 230 valence electrons. The van der Waals surface area contributed by atoms with Crippen molar-refractivity contribution in [2.45, 2.75) is 31.8 Å². The molecular weight excluding hydrogens is 565 g/mol. The van der Waals surface area contributed by atoms with E-state index in [0.29, 0.717) is 35.2 Å². The highest BCUT2D eigenvalue weighted by Crippen LogP contribution is 2.33. The van der Waals surface area contributed by atoms with Gasteiger partial charge in [0.15, 0.2) is 0 Å². The average molecular weight is 603 g/mol. The Labute approximate surface area is 256 Å². The van der Waals surface area contributed by atoms with E-state index in [-0.39, 0.29) is 12.1 Å². The van der Waals surface area contributed by atoms with Gasteiger partial charge in [0.05, 0.1) is 12.3 Å². The normalized spacial score (nSPS) is 16.1. The number of nitrogens with zero attached hydrogens (tertiary/aromatic N) is 2. The number of hydrogen-bond acceptors (Lipinski definition) is 5. The van der Waals surface area contributed by atoms with E-state index in [0.717, 1.165) is 49.4 Å². The third-order valence-corrected chi connectivity index (χ3v) is 7.98. The maximum atomic E-state index is 13.3. The molecular formula is C35H37F3N4O2. The minimum atomic E-state index is -4.42. The first-order valence-corrected chi connectivity index (χ1v) is 14.8. The van der Waals surface area contributed by atoms with E-state index in [2.05, 4.69) is 46.5 Å². The van der Waals surface area contributed by atoms with Gasteiger partial charge in [0.25, 0.3) is 5.91 Å². The van der Waals surface area contributed by atoms with Crippen LogP contribution in [0.1, 0.15) is 41.1 Å². The predicted octanol–water partition coefficient (Wildman–Crippen LogP) is 7.42. The molecule has 0 aliphatic carbocycles. The minimum absolute atomic E-state index is 0.128. The zero-order valence-electron chi connectivity index (χ0n) is 24.9. The Bertz CT molecular complexity index is 1510. The van der Waals surface area contributed by atoms with Crippen molar-refractivity contribution in [3.8, 4) is 11.1 Å². The van der Waals surface area contributed by atoms with Crippen molar-refractivity contribution < 1.29 is 22.7 Å². The molecule has 6 nitrogen and oxygen atoms in total. The van der Waals surface area contributed by atoms with Crippen molar-refractivity contribution in [3.05, 3.63) is 120 Å². The average Bonchev–Trinajstić information content (AvgIpc) is 3.53. The van der Waals surface area contributed by atoms with Gasteiger partial charge in [0, 0.05) is 43.1 Å². The van der Waals surface area contributed by atoms with Crippen LogP contribution in [0.3, 0.4) is 0 Å². The van der Waals surface area contributed by atoms with E-state index >= 15 is 0 Å². The number of likely N-dealkylation sites (tertiary alicyclic amines) is 1. The summed E-state index contributed by atoms with van der Waals surface area (Å²) in [4.78, 5) is 17.9. The van der Waals surface area contributed by atoms with Crippen LogP contribution in [0, 0.1) is 0 Å². The third-order valence-electron chi connectivity index (χ3n) is 7.98.